The van der Waals surface area contributed by atoms with Crippen LogP contribution in [0.3, 0.4) is 0 Å². The van der Waals surface area contributed by atoms with Crippen molar-refractivity contribution in [2.45, 2.75) is 51.0 Å². The molecule has 2 heteroatoms. The summed E-state index contributed by atoms with van der Waals surface area (Å²) in [5.41, 5.74) is 6.43. The highest BCUT2D eigenvalue weighted by Crippen LogP contribution is 2.27. The molecular formula is C10H22N2. The lowest BCUT2D eigenvalue weighted by Gasteiger charge is -2.33. The molecule has 1 aliphatic rings. The maximum absolute atomic E-state index is 6.26. The highest BCUT2D eigenvalue weighted by atomic mass is 14.9. The van der Waals surface area contributed by atoms with E-state index in [1.54, 1.807) is 0 Å². The molecule has 1 rings (SSSR count). The molecule has 0 unspecified atom stereocenters. The second-order valence-corrected chi connectivity index (χ2v) is 4.03. The van der Waals surface area contributed by atoms with Crippen molar-refractivity contribution < 1.29 is 0 Å². The quantitative estimate of drug-likeness (QED) is 0.630. The van der Waals surface area contributed by atoms with Crippen LogP contribution in [0.5, 0.6) is 0 Å². The van der Waals surface area contributed by atoms with E-state index in [1.165, 1.54) is 32.1 Å². The molecule has 0 saturated heterocycles. The van der Waals surface area contributed by atoms with E-state index in [0.717, 1.165) is 19.5 Å². The summed E-state index contributed by atoms with van der Waals surface area (Å²) in [6.07, 6.45) is 7.68. The van der Waals surface area contributed by atoms with Gasteiger partial charge in [-0.25, -0.2) is 0 Å². The number of nitrogens with two attached hydrogens (primary N) is 1. The topological polar surface area (TPSA) is 38.0 Å². The van der Waals surface area contributed by atoms with Crippen molar-refractivity contribution in [2.24, 2.45) is 5.73 Å². The molecule has 0 amide bonds. The number of rotatable bonds is 4. The van der Waals surface area contributed by atoms with E-state index in [9.17, 15) is 0 Å². The molecule has 0 aliphatic heterocycles. The van der Waals surface area contributed by atoms with Crippen LogP contribution in [0.1, 0.15) is 45.4 Å². The van der Waals surface area contributed by atoms with E-state index in [-0.39, 0.29) is 5.54 Å². The molecule has 0 aromatic heterocycles. The van der Waals surface area contributed by atoms with Crippen molar-refractivity contribution in [3.05, 3.63) is 0 Å². The van der Waals surface area contributed by atoms with Gasteiger partial charge in [0.05, 0.1) is 0 Å². The fourth-order valence-corrected chi connectivity index (χ4v) is 2.02. The maximum Gasteiger partial charge on any atom is 0.0166 e. The first-order chi connectivity index (χ1) is 5.77. The molecule has 0 aromatic carbocycles. The van der Waals surface area contributed by atoms with Gasteiger partial charge >= 0.3 is 0 Å². The SMILES string of the molecule is CCNCCC1(N)CCCCC1. The first-order valence-corrected chi connectivity index (χ1v) is 5.26. The number of hydrogen-bond donors (Lipinski definition) is 2. The molecule has 0 atom stereocenters. The Morgan fingerprint density at radius 1 is 1.25 bits per heavy atom. The Balaban J connectivity index is 2.17. The molecule has 0 aromatic rings. The van der Waals surface area contributed by atoms with Crippen LogP contribution in [-0.4, -0.2) is 18.6 Å². The maximum atomic E-state index is 6.26. The van der Waals surface area contributed by atoms with Crippen molar-refractivity contribution >= 4 is 0 Å². The molecule has 1 fully saturated rings. The van der Waals surface area contributed by atoms with E-state index in [4.69, 9.17) is 5.73 Å². The van der Waals surface area contributed by atoms with Crippen molar-refractivity contribution in [3.63, 3.8) is 0 Å². The monoisotopic (exact) mass is 170 g/mol. The zero-order valence-corrected chi connectivity index (χ0v) is 8.23. The Morgan fingerprint density at radius 3 is 2.50 bits per heavy atom. The van der Waals surface area contributed by atoms with Crippen LogP contribution in [0.4, 0.5) is 0 Å². The molecule has 0 heterocycles. The van der Waals surface area contributed by atoms with Crippen molar-refractivity contribution in [2.75, 3.05) is 13.1 Å². The van der Waals surface area contributed by atoms with Gasteiger partial charge in [0.15, 0.2) is 0 Å². The third-order valence-electron chi connectivity index (χ3n) is 2.90. The van der Waals surface area contributed by atoms with Crippen LogP contribution in [0.25, 0.3) is 0 Å². The Bertz CT molecular complexity index is 117. The van der Waals surface area contributed by atoms with Gasteiger partial charge in [0.25, 0.3) is 0 Å². The predicted octanol–water partition coefficient (Wildman–Crippen LogP) is 1.65. The van der Waals surface area contributed by atoms with Gasteiger partial charge in [-0.05, 0) is 32.4 Å². The Kier molecular flexibility index (Phi) is 4.02. The van der Waals surface area contributed by atoms with Gasteiger partial charge in [-0.3, -0.25) is 0 Å². The third kappa shape index (κ3) is 3.11. The lowest BCUT2D eigenvalue weighted by atomic mass is 9.80. The molecule has 3 N–H and O–H groups in total. The van der Waals surface area contributed by atoms with Gasteiger partial charge in [-0.15, -0.1) is 0 Å². The van der Waals surface area contributed by atoms with Crippen molar-refractivity contribution in [3.8, 4) is 0 Å². The summed E-state index contributed by atoms with van der Waals surface area (Å²) < 4.78 is 0. The van der Waals surface area contributed by atoms with E-state index >= 15 is 0 Å². The summed E-state index contributed by atoms with van der Waals surface area (Å²) in [7, 11) is 0. The molecule has 0 spiro atoms. The summed E-state index contributed by atoms with van der Waals surface area (Å²) in [4.78, 5) is 0. The summed E-state index contributed by atoms with van der Waals surface area (Å²) in [6, 6.07) is 0. The van der Waals surface area contributed by atoms with E-state index in [2.05, 4.69) is 12.2 Å². The fourth-order valence-electron chi connectivity index (χ4n) is 2.02. The van der Waals surface area contributed by atoms with Gasteiger partial charge in [0.1, 0.15) is 0 Å². The third-order valence-corrected chi connectivity index (χ3v) is 2.90. The molecule has 1 aliphatic carbocycles. The minimum absolute atomic E-state index is 0.167. The highest BCUT2D eigenvalue weighted by molar-refractivity contribution is 4.87. The Hall–Kier alpha value is -0.0800. The lowest BCUT2D eigenvalue weighted by Crippen LogP contribution is -2.43. The molecular weight excluding hydrogens is 148 g/mol. The molecule has 1 saturated carbocycles. The second-order valence-electron chi connectivity index (χ2n) is 4.03. The number of nitrogens with one attached hydrogen (secondary N) is 1. The van der Waals surface area contributed by atoms with E-state index in [0.29, 0.717) is 0 Å². The van der Waals surface area contributed by atoms with Crippen LogP contribution in [0.2, 0.25) is 0 Å². The zero-order chi connectivity index (χ0) is 8.86. The number of hydrogen-bond acceptors (Lipinski definition) is 2. The molecule has 0 radical (unpaired) electrons. The molecule has 12 heavy (non-hydrogen) atoms. The Morgan fingerprint density at radius 2 is 1.92 bits per heavy atom. The van der Waals surface area contributed by atoms with Crippen molar-refractivity contribution in [1.82, 2.24) is 5.32 Å². The smallest absolute Gasteiger partial charge is 0.0166 e. The summed E-state index contributed by atoms with van der Waals surface area (Å²) >= 11 is 0. The second kappa shape index (κ2) is 4.83. The normalized spacial score (nSPS) is 22.5. The zero-order valence-electron chi connectivity index (χ0n) is 8.23. The van der Waals surface area contributed by atoms with Crippen LogP contribution in [0, 0.1) is 0 Å². The van der Waals surface area contributed by atoms with Gasteiger partial charge in [0, 0.05) is 5.54 Å². The van der Waals surface area contributed by atoms with Gasteiger partial charge in [-0.1, -0.05) is 26.2 Å². The van der Waals surface area contributed by atoms with Gasteiger partial charge in [0.2, 0.25) is 0 Å². The lowest BCUT2D eigenvalue weighted by molar-refractivity contribution is 0.275. The molecule has 0 bridgehead atoms. The van der Waals surface area contributed by atoms with Crippen LogP contribution in [0.15, 0.2) is 0 Å². The first-order valence-electron chi connectivity index (χ1n) is 5.26. The predicted molar refractivity (Wildman–Crippen MR) is 53.2 cm³/mol. The van der Waals surface area contributed by atoms with Crippen molar-refractivity contribution in [1.29, 1.82) is 0 Å². The summed E-state index contributed by atoms with van der Waals surface area (Å²) in [5, 5.41) is 3.34. The minimum atomic E-state index is 0.167. The Labute approximate surface area is 75.9 Å². The molecule has 2 nitrogen and oxygen atoms in total. The van der Waals surface area contributed by atoms with Crippen LogP contribution >= 0.6 is 0 Å². The van der Waals surface area contributed by atoms with E-state index in [1.807, 2.05) is 0 Å². The van der Waals surface area contributed by atoms with E-state index < -0.39 is 0 Å². The summed E-state index contributed by atoms with van der Waals surface area (Å²) in [6.45, 7) is 4.30. The summed E-state index contributed by atoms with van der Waals surface area (Å²) in [5.74, 6) is 0. The van der Waals surface area contributed by atoms with Crippen LogP contribution < -0.4 is 11.1 Å². The average Bonchev–Trinajstić information content (AvgIpc) is 2.06. The van der Waals surface area contributed by atoms with Gasteiger partial charge < -0.3 is 11.1 Å². The molecule has 72 valence electrons. The van der Waals surface area contributed by atoms with Crippen LogP contribution in [-0.2, 0) is 0 Å². The van der Waals surface area contributed by atoms with Gasteiger partial charge in [-0.2, -0.15) is 0 Å². The average molecular weight is 170 g/mol. The highest BCUT2D eigenvalue weighted by Gasteiger charge is 2.26. The standard InChI is InChI=1S/C10H22N2/c1-2-12-9-8-10(11)6-4-3-5-7-10/h12H,2-9,11H2,1H3. The minimum Gasteiger partial charge on any atom is -0.325 e. The largest absolute Gasteiger partial charge is 0.325 e. The fraction of sp³-hybridized carbons (Fsp3) is 1.00. The first kappa shape index (κ1) is 10.0.